The molecule has 0 saturated heterocycles. The first kappa shape index (κ1) is 27.6. The molecular formula is C28H27ClN2O3S2. The molecule has 0 spiro atoms. The van der Waals surface area contributed by atoms with Crippen LogP contribution < -0.4 is 0 Å². The highest BCUT2D eigenvalue weighted by Gasteiger charge is 2.23. The molecule has 1 atom stereocenters. The molecule has 1 N–H and O–H groups in total. The Bertz CT molecular complexity index is 1340. The molecule has 0 aliphatic heterocycles. The molecule has 1 amide bonds. The fraction of sp³-hybridized carbons (Fsp3) is 0.250. The predicted molar refractivity (Wildman–Crippen MR) is 155 cm³/mol. The van der Waals surface area contributed by atoms with E-state index in [0.29, 0.717) is 21.2 Å². The molecule has 36 heavy (non-hydrogen) atoms. The van der Waals surface area contributed by atoms with Crippen molar-refractivity contribution in [3.05, 3.63) is 76.4 Å². The molecule has 5 nitrogen and oxygen atoms in total. The average molecular weight is 539 g/mol. The highest BCUT2D eigenvalue weighted by molar-refractivity contribution is 7.82. The van der Waals surface area contributed by atoms with Crippen molar-refractivity contribution < 1.29 is 14.7 Å². The summed E-state index contributed by atoms with van der Waals surface area (Å²) in [6.07, 6.45) is 4.73. The number of aliphatic carboxylic acids is 1. The lowest BCUT2D eigenvalue weighted by atomic mass is 9.87. The Labute approximate surface area is 226 Å². The molecule has 0 saturated carbocycles. The van der Waals surface area contributed by atoms with Crippen LogP contribution in [-0.2, 0) is 9.59 Å². The number of carboxylic acid groups (broad SMARTS) is 1. The summed E-state index contributed by atoms with van der Waals surface area (Å²) in [6, 6.07) is 17.4. The van der Waals surface area contributed by atoms with E-state index in [0.717, 1.165) is 27.7 Å². The summed E-state index contributed by atoms with van der Waals surface area (Å²) in [7, 11) is 3.41. The van der Waals surface area contributed by atoms with Gasteiger partial charge in [-0.2, -0.15) is 0 Å². The number of hydrogen-bond acceptors (Lipinski definition) is 5. The number of rotatable bonds is 11. The van der Waals surface area contributed by atoms with Gasteiger partial charge >= 0.3 is 5.97 Å². The zero-order valence-corrected chi connectivity index (χ0v) is 22.5. The van der Waals surface area contributed by atoms with Gasteiger partial charge in [-0.3, -0.25) is 9.59 Å². The number of fused-ring (bicyclic) bond motifs is 1. The lowest BCUT2D eigenvalue weighted by molar-refractivity contribution is -0.136. The fourth-order valence-corrected chi connectivity index (χ4v) is 4.75. The van der Waals surface area contributed by atoms with Crippen LogP contribution in [0.15, 0.2) is 54.6 Å². The van der Waals surface area contributed by atoms with E-state index in [-0.39, 0.29) is 25.2 Å². The Morgan fingerprint density at radius 2 is 1.67 bits per heavy atom. The van der Waals surface area contributed by atoms with Gasteiger partial charge in [0, 0.05) is 53.0 Å². The lowest BCUT2D eigenvalue weighted by Crippen LogP contribution is -2.25. The summed E-state index contributed by atoms with van der Waals surface area (Å²) in [6.45, 7) is 0. The molecule has 0 aliphatic rings. The van der Waals surface area contributed by atoms with Gasteiger partial charge in [-0.1, -0.05) is 78.5 Å². The van der Waals surface area contributed by atoms with Crippen molar-refractivity contribution in [3.8, 4) is 0 Å². The van der Waals surface area contributed by atoms with Crippen LogP contribution in [0.3, 0.4) is 0 Å². The second kappa shape index (κ2) is 12.8. The molecule has 3 rings (SSSR count). The fourth-order valence-electron chi connectivity index (χ4n) is 3.75. The number of carboxylic acids is 1. The Hall–Kier alpha value is -3.00. The number of hydrogen-bond donors (Lipinski definition) is 1. The summed E-state index contributed by atoms with van der Waals surface area (Å²) in [5.41, 5.74) is 3.42. The molecular weight excluding hydrogens is 512 g/mol. The maximum atomic E-state index is 12.1. The van der Waals surface area contributed by atoms with Gasteiger partial charge in [-0.25, -0.2) is 4.98 Å². The highest BCUT2D eigenvalue weighted by atomic mass is 35.5. The number of thiocarbonyl (C=S) groups is 2. The molecule has 1 unspecified atom stereocenters. The van der Waals surface area contributed by atoms with Gasteiger partial charge in [0.15, 0.2) is 0 Å². The van der Waals surface area contributed by atoms with Crippen molar-refractivity contribution in [2.75, 3.05) is 14.1 Å². The number of carbonyl (C=O) groups is 2. The van der Waals surface area contributed by atoms with E-state index in [4.69, 9.17) is 41.1 Å². The normalized spacial score (nSPS) is 12.0. The number of carbonyl (C=O) groups excluding carboxylic acids is 1. The maximum Gasteiger partial charge on any atom is 0.303 e. The Morgan fingerprint density at radius 1 is 0.972 bits per heavy atom. The first-order valence-electron chi connectivity index (χ1n) is 11.5. The standard InChI is InChI=1S/C28H27ClN2O3S2/c1-31(2)26(32)14-12-24(35)28(25(36)13-15-27(33)34)20-5-3-4-18(16-20)6-10-22-11-8-19-7-9-21(29)17-23(19)30-22/h3-11,16-17,28H,12-15H2,1-2H3,(H,33,34). The van der Waals surface area contributed by atoms with Crippen molar-refractivity contribution in [1.82, 2.24) is 9.88 Å². The number of nitrogens with zero attached hydrogens (tertiary/aromatic N) is 2. The molecule has 186 valence electrons. The van der Waals surface area contributed by atoms with Crippen LogP contribution in [0.4, 0.5) is 0 Å². The first-order valence-corrected chi connectivity index (χ1v) is 12.6. The number of pyridine rings is 1. The average Bonchev–Trinajstić information content (AvgIpc) is 2.84. The number of aromatic nitrogens is 1. The van der Waals surface area contributed by atoms with E-state index in [1.54, 1.807) is 14.1 Å². The van der Waals surface area contributed by atoms with E-state index < -0.39 is 11.9 Å². The summed E-state index contributed by atoms with van der Waals surface area (Å²) in [4.78, 5) is 30.6. The largest absolute Gasteiger partial charge is 0.481 e. The molecule has 8 heteroatoms. The van der Waals surface area contributed by atoms with Gasteiger partial charge in [-0.05, 0) is 48.2 Å². The second-order valence-corrected chi connectivity index (χ2v) is 10.1. The van der Waals surface area contributed by atoms with Gasteiger partial charge in [0.25, 0.3) is 0 Å². The van der Waals surface area contributed by atoms with Gasteiger partial charge in [-0.15, -0.1) is 0 Å². The molecule has 1 aromatic heterocycles. The SMILES string of the molecule is CN(C)C(=O)CCC(=S)C(C(=S)CCC(=O)O)c1cccc(C=Cc2ccc3ccc(Cl)cc3n2)c1. The zero-order valence-electron chi connectivity index (χ0n) is 20.1. The minimum atomic E-state index is -0.911. The molecule has 0 fully saturated rings. The molecule has 0 bridgehead atoms. The Balaban J connectivity index is 1.85. The van der Waals surface area contributed by atoms with Crippen molar-refractivity contribution in [2.24, 2.45) is 0 Å². The smallest absolute Gasteiger partial charge is 0.303 e. The Kier molecular flexibility index (Phi) is 9.81. The molecule has 2 aromatic carbocycles. The number of halogens is 1. The summed E-state index contributed by atoms with van der Waals surface area (Å²) in [5.74, 6) is -1.32. The predicted octanol–water partition coefficient (Wildman–Crippen LogP) is 6.62. The second-order valence-electron chi connectivity index (χ2n) is 8.62. The van der Waals surface area contributed by atoms with Crippen LogP contribution in [0.25, 0.3) is 23.1 Å². The Morgan fingerprint density at radius 3 is 2.36 bits per heavy atom. The van der Waals surface area contributed by atoms with E-state index in [1.165, 1.54) is 4.90 Å². The van der Waals surface area contributed by atoms with Crippen LogP contribution >= 0.6 is 36.0 Å². The van der Waals surface area contributed by atoms with Crippen molar-refractivity contribution >= 4 is 80.7 Å². The zero-order chi connectivity index (χ0) is 26.2. The molecule has 3 aromatic rings. The van der Waals surface area contributed by atoms with Crippen LogP contribution in [-0.4, -0.2) is 50.7 Å². The minimum Gasteiger partial charge on any atom is -0.481 e. The highest BCUT2D eigenvalue weighted by Crippen LogP contribution is 2.27. The monoisotopic (exact) mass is 538 g/mol. The first-order chi connectivity index (χ1) is 17.1. The summed E-state index contributed by atoms with van der Waals surface area (Å²) >= 11 is 17.5. The van der Waals surface area contributed by atoms with Crippen molar-refractivity contribution in [1.29, 1.82) is 0 Å². The summed E-state index contributed by atoms with van der Waals surface area (Å²) < 4.78 is 0. The van der Waals surface area contributed by atoms with Gasteiger partial charge < -0.3 is 10.0 Å². The van der Waals surface area contributed by atoms with Crippen LogP contribution in [0.1, 0.15) is 48.4 Å². The number of amides is 1. The van der Waals surface area contributed by atoms with E-state index in [9.17, 15) is 9.59 Å². The number of benzene rings is 2. The van der Waals surface area contributed by atoms with Crippen LogP contribution in [0.5, 0.6) is 0 Å². The van der Waals surface area contributed by atoms with E-state index in [1.807, 2.05) is 66.7 Å². The van der Waals surface area contributed by atoms with Crippen LogP contribution in [0, 0.1) is 0 Å². The summed E-state index contributed by atoms with van der Waals surface area (Å²) in [5, 5.41) is 10.8. The maximum absolute atomic E-state index is 12.1. The van der Waals surface area contributed by atoms with Gasteiger partial charge in [0.05, 0.1) is 11.2 Å². The third-order valence-electron chi connectivity index (χ3n) is 5.68. The van der Waals surface area contributed by atoms with E-state index in [2.05, 4.69) is 4.98 Å². The lowest BCUT2D eigenvalue weighted by Gasteiger charge is -2.21. The van der Waals surface area contributed by atoms with Crippen molar-refractivity contribution in [2.45, 2.75) is 31.6 Å². The third-order valence-corrected chi connectivity index (χ3v) is 6.79. The third kappa shape index (κ3) is 7.75. The minimum absolute atomic E-state index is 0.0200. The quantitative estimate of drug-likeness (QED) is 0.277. The van der Waals surface area contributed by atoms with Crippen LogP contribution in [0.2, 0.25) is 5.02 Å². The topological polar surface area (TPSA) is 70.5 Å². The molecule has 1 heterocycles. The van der Waals surface area contributed by atoms with E-state index >= 15 is 0 Å². The molecule has 0 aliphatic carbocycles. The van der Waals surface area contributed by atoms with Gasteiger partial charge in [0.1, 0.15) is 0 Å². The van der Waals surface area contributed by atoms with Crippen molar-refractivity contribution in [3.63, 3.8) is 0 Å². The van der Waals surface area contributed by atoms with Gasteiger partial charge in [0.2, 0.25) is 5.91 Å². The molecule has 0 radical (unpaired) electrons.